The molecule has 1 saturated heterocycles. The van der Waals surface area contributed by atoms with E-state index in [0.717, 1.165) is 0 Å². The van der Waals surface area contributed by atoms with Crippen molar-refractivity contribution in [3.8, 4) is 0 Å². The molecule has 6 nitrogen and oxygen atoms in total. The quantitative estimate of drug-likeness (QED) is 0.488. The van der Waals surface area contributed by atoms with Gasteiger partial charge in [-0.1, -0.05) is 0 Å². The molecule has 1 aliphatic rings. The largest absolute Gasteiger partial charge is 0.394 e. The molecule has 0 aromatic carbocycles. The Morgan fingerprint density at radius 1 is 1.43 bits per heavy atom. The van der Waals surface area contributed by atoms with Crippen molar-refractivity contribution in [2.45, 2.75) is 6.10 Å². The average molecular weight is 202 g/mol. The maximum Gasteiger partial charge on any atom is 0.267 e. The normalized spacial score (nSPS) is 26.1. The minimum atomic E-state index is -1.36. The third kappa shape index (κ3) is 2.03. The second-order valence-corrected chi connectivity index (χ2v) is 2.99. The molecule has 0 unspecified atom stereocenters. The van der Waals surface area contributed by atoms with Gasteiger partial charge in [-0.2, -0.15) is 0 Å². The molecule has 14 heavy (non-hydrogen) atoms. The number of rotatable bonds is 2. The Kier molecular flexibility index (Phi) is 3.45. The molecule has 1 heterocycles. The Bertz CT molecular complexity index is 271. The van der Waals surface area contributed by atoms with Crippen LogP contribution in [0.25, 0.3) is 0 Å². The molecule has 78 valence electrons. The van der Waals surface area contributed by atoms with Gasteiger partial charge in [0.05, 0.1) is 25.2 Å². The van der Waals surface area contributed by atoms with Crippen molar-refractivity contribution < 1.29 is 29.3 Å². The van der Waals surface area contributed by atoms with Gasteiger partial charge in [-0.05, 0) is 0 Å². The van der Waals surface area contributed by atoms with Crippen LogP contribution in [0.4, 0.5) is 0 Å². The highest BCUT2D eigenvalue weighted by atomic mass is 16.5. The molecule has 2 atom stereocenters. The van der Waals surface area contributed by atoms with Crippen LogP contribution in [-0.4, -0.2) is 53.5 Å². The van der Waals surface area contributed by atoms with E-state index in [2.05, 4.69) is 0 Å². The molecule has 6 heteroatoms. The summed E-state index contributed by atoms with van der Waals surface area (Å²) in [6.45, 7) is -1.32. The van der Waals surface area contributed by atoms with E-state index >= 15 is 0 Å². The summed E-state index contributed by atoms with van der Waals surface area (Å²) in [5.74, 6) is -4.21. The van der Waals surface area contributed by atoms with Crippen molar-refractivity contribution in [2.24, 2.45) is 5.92 Å². The first kappa shape index (κ1) is 11.0. The van der Waals surface area contributed by atoms with Crippen molar-refractivity contribution >= 4 is 17.3 Å². The fraction of sp³-hybridized carbons (Fsp3) is 0.625. The first-order valence-corrected chi connectivity index (χ1v) is 4.06. The Hall–Kier alpha value is -1.11. The van der Waals surface area contributed by atoms with E-state index in [1.807, 2.05) is 0 Å². The van der Waals surface area contributed by atoms with Crippen molar-refractivity contribution in [1.82, 2.24) is 0 Å². The Morgan fingerprint density at radius 3 is 2.64 bits per heavy atom. The number of aliphatic hydroxyl groups excluding tert-OH is 2. The van der Waals surface area contributed by atoms with Crippen molar-refractivity contribution in [3.63, 3.8) is 0 Å². The second-order valence-electron chi connectivity index (χ2n) is 2.99. The molecular weight excluding hydrogens is 192 g/mol. The molecule has 0 aliphatic carbocycles. The zero-order chi connectivity index (χ0) is 10.7. The van der Waals surface area contributed by atoms with Gasteiger partial charge in [-0.3, -0.25) is 14.4 Å². The highest BCUT2D eigenvalue weighted by Crippen LogP contribution is 2.10. The topological polar surface area (TPSA) is 101 Å². The Morgan fingerprint density at radius 2 is 2.07 bits per heavy atom. The number of Topliss-reactive ketones (excluding diaryl/α,β-unsaturated/α-hetero) is 3. The number of aliphatic hydroxyl groups is 2. The van der Waals surface area contributed by atoms with Crippen LogP contribution < -0.4 is 0 Å². The molecule has 1 aliphatic heterocycles. The summed E-state index contributed by atoms with van der Waals surface area (Å²) in [7, 11) is 0. The molecule has 1 rings (SSSR count). The number of hydrogen-bond acceptors (Lipinski definition) is 6. The van der Waals surface area contributed by atoms with Gasteiger partial charge in [0.2, 0.25) is 11.6 Å². The van der Waals surface area contributed by atoms with Crippen LogP contribution in [0.1, 0.15) is 0 Å². The molecular formula is C8H10O6. The molecule has 0 radical (unpaired) electrons. The van der Waals surface area contributed by atoms with Gasteiger partial charge in [-0.15, -0.1) is 0 Å². The first-order valence-electron chi connectivity index (χ1n) is 4.06. The Balaban J connectivity index is 2.82. The van der Waals surface area contributed by atoms with Gasteiger partial charge in [0.25, 0.3) is 5.78 Å². The van der Waals surface area contributed by atoms with Gasteiger partial charge in [0, 0.05) is 0 Å². The van der Waals surface area contributed by atoms with Crippen LogP contribution in [0, 0.1) is 5.92 Å². The van der Waals surface area contributed by atoms with Gasteiger partial charge in [-0.25, -0.2) is 0 Å². The Labute approximate surface area is 79.5 Å². The van der Waals surface area contributed by atoms with Crippen molar-refractivity contribution in [2.75, 3.05) is 19.8 Å². The summed E-state index contributed by atoms with van der Waals surface area (Å²) >= 11 is 0. The molecule has 0 aromatic heterocycles. The first-order chi connectivity index (χ1) is 6.57. The predicted octanol–water partition coefficient (Wildman–Crippen LogP) is -2.31. The second kappa shape index (κ2) is 4.41. The summed E-state index contributed by atoms with van der Waals surface area (Å²) in [6, 6.07) is 0. The number of ketones is 3. The van der Waals surface area contributed by atoms with E-state index in [1.54, 1.807) is 0 Å². The standard InChI is InChI=1S/C8H10O6/c9-1-5(10)4-2-14-3-6(11)8(13)7(4)12/h4-5,9-10H,1-3H2/t4-,5-/m1/s1. The van der Waals surface area contributed by atoms with Crippen LogP contribution >= 0.6 is 0 Å². The summed E-state index contributed by atoms with van der Waals surface area (Å²) in [5, 5.41) is 17.8. The highest BCUT2D eigenvalue weighted by Gasteiger charge is 2.37. The van der Waals surface area contributed by atoms with Gasteiger partial charge >= 0.3 is 0 Å². The van der Waals surface area contributed by atoms with E-state index in [-0.39, 0.29) is 6.61 Å². The molecule has 0 saturated carbocycles. The number of carbonyl (C=O) groups excluding carboxylic acids is 3. The minimum absolute atomic E-state index is 0.224. The number of carbonyl (C=O) groups is 3. The zero-order valence-electron chi connectivity index (χ0n) is 7.30. The average Bonchev–Trinajstić information content (AvgIpc) is 2.31. The van der Waals surface area contributed by atoms with E-state index in [0.29, 0.717) is 0 Å². The summed E-state index contributed by atoms with van der Waals surface area (Å²) in [4.78, 5) is 33.1. The lowest BCUT2D eigenvalue weighted by Gasteiger charge is -2.15. The SMILES string of the molecule is O=C1COC[C@H]([C@H](O)CO)C(=O)C1=O. The van der Waals surface area contributed by atoms with E-state index in [4.69, 9.17) is 14.9 Å². The highest BCUT2D eigenvalue weighted by molar-refractivity contribution is 6.64. The summed E-state index contributed by atoms with van der Waals surface area (Å²) in [6.07, 6.45) is -1.36. The van der Waals surface area contributed by atoms with Crippen LogP contribution in [0.2, 0.25) is 0 Å². The fourth-order valence-corrected chi connectivity index (χ4v) is 1.14. The van der Waals surface area contributed by atoms with Crippen LogP contribution in [0.15, 0.2) is 0 Å². The third-order valence-electron chi connectivity index (χ3n) is 2.00. The molecule has 0 aromatic rings. The maximum absolute atomic E-state index is 11.2. The van der Waals surface area contributed by atoms with Crippen LogP contribution in [0.5, 0.6) is 0 Å². The van der Waals surface area contributed by atoms with Gasteiger partial charge in [0.15, 0.2) is 0 Å². The van der Waals surface area contributed by atoms with E-state index < -0.39 is 42.6 Å². The molecule has 1 fully saturated rings. The van der Waals surface area contributed by atoms with Gasteiger partial charge in [0.1, 0.15) is 6.61 Å². The lowest BCUT2D eigenvalue weighted by Crippen LogP contribution is -2.38. The van der Waals surface area contributed by atoms with E-state index in [9.17, 15) is 14.4 Å². The monoisotopic (exact) mass is 202 g/mol. The number of hydrogen-bond donors (Lipinski definition) is 2. The smallest absolute Gasteiger partial charge is 0.267 e. The molecule has 0 bridgehead atoms. The molecule has 0 amide bonds. The lowest BCUT2D eigenvalue weighted by molar-refractivity contribution is -0.146. The fourth-order valence-electron chi connectivity index (χ4n) is 1.14. The van der Waals surface area contributed by atoms with Gasteiger partial charge < -0.3 is 14.9 Å². The molecule has 2 N–H and O–H groups in total. The van der Waals surface area contributed by atoms with Crippen molar-refractivity contribution in [1.29, 1.82) is 0 Å². The van der Waals surface area contributed by atoms with Crippen LogP contribution in [0.3, 0.4) is 0 Å². The number of ether oxygens (including phenoxy) is 1. The predicted molar refractivity (Wildman–Crippen MR) is 42.4 cm³/mol. The zero-order valence-corrected chi connectivity index (χ0v) is 7.30. The summed E-state index contributed by atoms with van der Waals surface area (Å²) < 4.78 is 4.72. The summed E-state index contributed by atoms with van der Waals surface area (Å²) in [5.41, 5.74) is 0. The minimum Gasteiger partial charge on any atom is -0.394 e. The maximum atomic E-state index is 11.2. The van der Waals surface area contributed by atoms with Crippen molar-refractivity contribution in [3.05, 3.63) is 0 Å². The third-order valence-corrected chi connectivity index (χ3v) is 2.00. The molecule has 0 spiro atoms. The van der Waals surface area contributed by atoms with Crippen LogP contribution in [-0.2, 0) is 19.1 Å². The van der Waals surface area contributed by atoms with E-state index in [1.165, 1.54) is 0 Å². The lowest BCUT2D eigenvalue weighted by atomic mass is 9.95.